The predicted octanol–water partition coefficient (Wildman–Crippen LogP) is 1.79. The van der Waals surface area contributed by atoms with E-state index < -0.39 is 23.5 Å². The topological polar surface area (TPSA) is 118 Å². The number of fused-ring (bicyclic) bond motifs is 1. The third kappa shape index (κ3) is 5.03. The van der Waals surface area contributed by atoms with E-state index in [-0.39, 0.29) is 24.0 Å². The standard InChI is InChI=1S/C23H22ClNO7/c1-12-15-9-19(30-2)20(31-3)11-18(15)32-23(29)16(12)10-21(26)25-17(22(27)28)8-13-4-6-14(24)7-5-13/h4-7,9,11,17H,8,10H2,1-3H3,(H,25,26)(H,27,28)/p-1/t17-/m0/s1. The Kier molecular flexibility index (Phi) is 7.05. The number of halogens is 1. The third-order valence-corrected chi connectivity index (χ3v) is 5.35. The van der Waals surface area contributed by atoms with Crippen molar-refractivity contribution in [2.75, 3.05) is 14.2 Å². The number of carboxylic acids is 1. The average molecular weight is 459 g/mol. The van der Waals surface area contributed by atoms with Crippen molar-refractivity contribution in [3.8, 4) is 11.5 Å². The molecule has 8 nitrogen and oxygen atoms in total. The molecule has 1 atom stereocenters. The van der Waals surface area contributed by atoms with E-state index in [1.54, 1.807) is 37.3 Å². The Labute approximate surface area is 188 Å². The van der Waals surface area contributed by atoms with E-state index >= 15 is 0 Å². The minimum absolute atomic E-state index is 0.00749. The second kappa shape index (κ2) is 9.74. The van der Waals surface area contributed by atoms with E-state index in [1.807, 2.05) is 0 Å². The highest BCUT2D eigenvalue weighted by atomic mass is 35.5. The van der Waals surface area contributed by atoms with Gasteiger partial charge in [0.05, 0.1) is 38.2 Å². The number of carbonyl (C=O) groups excluding carboxylic acids is 2. The van der Waals surface area contributed by atoms with Gasteiger partial charge < -0.3 is 29.1 Å². The van der Waals surface area contributed by atoms with Crippen LogP contribution in [0.3, 0.4) is 0 Å². The fourth-order valence-corrected chi connectivity index (χ4v) is 3.50. The number of aryl methyl sites for hydroxylation is 1. The van der Waals surface area contributed by atoms with Gasteiger partial charge in [0.15, 0.2) is 11.5 Å². The first-order valence-corrected chi connectivity index (χ1v) is 10.0. The summed E-state index contributed by atoms with van der Waals surface area (Å²) in [7, 11) is 2.94. The number of carbonyl (C=O) groups is 2. The van der Waals surface area contributed by atoms with Crippen LogP contribution in [0.2, 0.25) is 5.02 Å². The first-order valence-electron chi connectivity index (χ1n) is 9.66. The first kappa shape index (κ1) is 23.1. The van der Waals surface area contributed by atoms with Gasteiger partial charge in [0.25, 0.3) is 0 Å². The van der Waals surface area contributed by atoms with E-state index in [0.717, 1.165) is 0 Å². The van der Waals surface area contributed by atoms with Crippen LogP contribution in [0.4, 0.5) is 0 Å². The third-order valence-electron chi connectivity index (χ3n) is 5.10. The van der Waals surface area contributed by atoms with Crippen LogP contribution in [0.5, 0.6) is 11.5 Å². The van der Waals surface area contributed by atoms with Gasteiger partial charge in [-0.2, -0.15) is 0 Å². The number of nitrogens with one attached hydrogen (secondary N) is 1. The fraction of sp³-hybridized carbons (Fsp3) is 0.261. The monoisotopic (exact) mass is 458 g/mol. The number of hydrogen-bond acceptors (Lipinski definition) is 7. The molecule has 0 bridgehead atoms. The molecule has 168 valence electrons. The molecule has 32 heavy (non-hydrogen) atoms. The Morgan fingerprint density at radius 2 is 1.75 bits per heavy atom. The molecule has 0 spiro atoms. The first-order chi connectivity index (χ1) is 15.2. The summed E-state index contributed by atoms with van der Waals surface area (Å²) in [4.78, 5) is 36.7. The molecule has 3 rings (SSSR count). The summed E-state index contributed by atoms with van der Waals surface area (Å²) < 4.78 is 15.9. The van der Waals surface area contributed by atoms with Gasteiger partial charge in [0, 0.05) is 16.5 Å². The lowest BCUT2D eigenvalue weighted by atomic mass is 10.0. The molecule has 0 saturated carbocycles. The van der Waals surface area contributed by atoms with E-state index in [2.05, 4.69) is 5.32 Å². The Morgan fingerprint density at radius 1 is 1.12 bits per heavy atom. The fourth-order valence-electron chi connectivity index (χ4n) is 3.38. The summed E-state index contributed by atoms with van der Waals surface area (Å²) in [5, 5.41) is 15.0. The minimum atomic E-state index is -1.44. The van der Waals surface area contributed by atoms with Gasteiger partial charge in [-0.3, -0.25) is 4.79 Å². The van der Waals surface area contributed by atoms with E-state index in [1.165, 1.54) is 20.3 Å². The SMILES string of the molecule is COc1cc2oc(=O)c(CC(=O)N[C@@H](Cc3ccc(Cl)cc3)C(=O)[O-])c(C)c2cc1OC. The molecule has 0 aliphatic rings. The van der Waals surface area contributed by atoms with E-state index in [4.69, 9.17) is 25.5 Å². The lowest BCUT2D eigenvalue weighted by Crippen LogP contribution is -2.49. The summed E-state index contributed by atoms with van der Waals surface area (Å²) in [5.74, 6) is -1.25. The maximum absolute atomic E-state index is 12.6. The predicted molar refractivity (Wildman–Crippen MR) is 116 cm³/mol. The number of amides is 1. The number of methoxy groups -OCH3 is 2. The van der Waals surface area contributed by atoms with Crippen molar-refractivity contribution in [1.29, 1.82) is 0 Å². The molecule has 9 heteroatoms. The van der Waals surface area contributed by atoms with Crippen LogP contribution in [-0.2, 0) is 22.4 Å². The average Bonchev–Trinajstić information content (AvgIpc) is 2.76. The van der Waals surface area contributed by atoms with Crippen LogP contribution in [0.1, 0.15) is 16.7 Å². The van der Waals surface area contributed by atoms with Gasteiger partial charge in [-0.05, 0) is 42.7 Å². The number of carboxylic acid groups (broad SMARTS) is 1. The van der Waals surface area contributed by atoms with Crippen LogP contribution < -0.4 is 25.5 Å². The second-order valence-corrected chi connectivity index (χ2v) is 7.58. The smallest absolute Gasteiger partial charge is 0.340 e. The van der Waals surface area contributed by atoms with Crippen molar-refractivity contribution in [3.05, 3.63) is 68.5 Å². The van der Waals surface area contributed by atoms with Crippen molar-refractivity contribution in [2.24, 2.45) is 0 Å². The van der Waals surface area contributed by atoms with Gasteiger partial charge in [-0.25, -0.2) is 4.79 Å². The van der Waals surface area contributed by atoms with Crippen molar-refractivity contribution in [1.82, 2.24) is 5.32 Å². The molecule has 1 amide bonds. The molecule has 1 N–H and O–H groups in total. The largest absolute Gasteiger partial charge is 0.548 e. The number of benzene rings is 2. The maximum Gasteiger partial charge on any atom is 0.340 e. The quantitative estimate of drug-likeness (QED) is 0.511. The summed E-state index contributed by atoms with van der Waals surface area (Å²) in [5.41, 5.74) is 0.886. The molecule has 0 aliphatic carbocycles. The van der Waals surface area contributed by atoms with Crippen molar-refractivity contribution >= 4 is 34.4 Å². The van der Waals surface area contributed by atoms with E-state index in [9.17, 15) is 19.5 Å². The molecule has 2 aromatic carbocycles. The number of ether oxygens (including phenoxy) is 2. The van der Waals surface area contributed by atoms with E-state index in [0.29, 0.717) is 33.0 Å². The summed E-state index contributed by atoms with van der Waals surface area (Å²) >= 11 is 5.84. The summed E-state index contributed by atoms with van der Waals surface area (Å²) in [6, 6.07) is 8.47. The number of rotatable bonds is 8. The molecule has 0 saturated heterocycles. The Balaban J connectivity index is 1.85. The number of hydrogen-bond donors (Lipinski definition) is 1. The van der Waals surface area contributed by atoms with Crippen LogP contribution in [-0.4, -0.2) is 32.1 Å². The molecule has 0 aliphatic heterocycles. The maximum atomic E-state index is 12.6. The van der Waals surface area contributed by atoms with Gasteiger partial charge in [-0.1, -0.05) is 23.7 Å². The Morgan fingerprint density at radius 3 is 2.34 bits per heavy atom. The molecular formula is C23H21ClNO7-. The molecule has 1 heterocycles. The van der Waals surface area contributed by atoms with Gasteiger partial charge in [0.2, 0.25) is 5.91 Å². The Hall–Kier alpha value is -3.52. The normalized spacial score (nSPS) is 11.8. The highest BCUT2D eigenvalue weighted by molar-refractivity contribution is 6.30. The van der Waals surface area contributed by atoms with Crippen LogP contribution in [0, 0.1) is 6.92 Å². The lowest BCUT2D eigenvalue weighted by Gasteiger charge is -2.20. The van der Waals surface area contributed by atoms with Gasteiger partial charge in [0.1, 0.15) is 5.58 Å². The highest BCUT2D eigenvalue weighted by Crippen LogP contribution is 2.33. The van der Waals surface area contributed by atoms with Crippen molar-refractivity contribution in [3.63, 3.8) is 0 Å². The molecule has 1 aromatic heterocycles. The zero-order chi connectivity index (χ0) is 23.4. The lowest BCUT2D eigenvalue weighted by molar-refractivity contribution is -0.308. The van der Waals surface area contributed by atoms with Gasteiger partial charge in [-0.15, -0.1) is 0 Å². The number of aliphatic carboxylic acids is 1. The van der Waals surface area contributed by atoms with Crippen LogP contribution >= 0.6 is 11.6 Å². The highest BCUT2D eigenvalue weighted by Gasteiger charge is 2.20. The Bertz CT molecular complexity index is 1220. The minimum Gasteiger partial charge on any atom is -0.548 e. The summed E-state index contributed by atoms with van der Waals surface area (Å²) in [6.07, 6.45) is -0.351. The summed E-state index contributed by atoms with van der Waals surface area (Å²) in [6.45, 7) is 1.68. The second-order valence-electron chi connectivity index (χ2n) is 7.14. The molecular weight excluding hydrogens is 438 g/mol. The molecule has 0 fully saturated rings. The van der Waals surface area contributed by atoms with Crippen LogP contribution in [0.25, 0.3) is 11.0 Å². The van der Waals surface area contributed by atoms with Crippen molar-refractivity contribution < 1.29 is 28.6 Å². The molecule has 0 unspecified atom stereocenters. The van der Waals surface area contributed by atoms with Crippen LogP contribution in [0.15, 0.2) is 45.6 Å². The molecule has 3 aromatic rings. The van der Waals surface area contributed by atoms with Crippen molar-refractivity contribution in [2.45, 2.75) is 25.8 Å². The molecule has 0 radical (unpaired) electrons. The van der Waals surface area contributed by atoms with Gasteiger partial charge >= 0.3 is 5.63 Å². The zero-order valence-electron chi connectivity index (χ0n) is 17.7. The zero-order valence-corrected chi connectivity index (χ0v) is 18.4.